The Morgan fingerprint density at radius 1 is 1.44 bits per heavy atom. The zero-order chi connectivity index (χ0) is 12.3. The van der Waals surface area contributed by atoms with Crippen molar-refractivity contribution in [3.8, 4) is 5.75 Å². The van der Waals surface area contributed by atoms with Crippen LogP contribution in [0.3, 0.4) is 0 Å². The van der Waals surface area contributed by atoms with Crippen molar-refractivity contribution in [2.24, 2.45) is 0 Å². The number of rotatable bonds is 4. The van der Waals surface area contributed by atoms with E-state index in [1.165, 1.54) is 12.1 Å². The Morgan fingerprint density at radius 3 is 2.62 bits per heavy atom. The van der Waals surface area contributed by atoms with Crippen molar-refractivity contribution in [1.82, 2.24) is 0 Å². The van der Waals surface area contributed by atoms with E-state index in [2.05, 4.69) is 20.5 Å². The Labute approximate surface area is 111 Å². The lowest BCUT2D eigenvalue weighted by Gasteiger charge is -2.13. The standard InChI is InChI=1S/C8H8BrCl2O4P/c1-2-14-16(12,13)15-8-4-6(10)5(9)3-7(8)11/h3-4H,2H2,1H3,(H,12,13). The molecule has 1 aromatic carbocycles. The molecule has 1 unspecified atom stereocenters. The van der Waals surface area contributed by atoms with Crippen LogP contribution in [0.4, 0.5) is 0 Å². The van der Waals surface area contributed by atoms with Crippen molar-refractivity contribution >= 4 is 47.0 Å². The van der Waals surface area contributed by atoms with Gasteiger partial charge in [0.1, 0.15) is 0 Å². The summed E-state index contributed by atoms with van der Waals surface area (Å²) in [7, 11) is -4.13. The molecule has 0 bridgehead atoms. The molecule has 90 valence electrons. The van der Waals surface area contributed by atoms with Crippen LogP contribution in [0, 0.1) is 0 Å². The molecule has 0 saturated carbocycles. The van der Waals surface area contributed by atoms with Crippen LogP contribution < -0.4 is 4.52 Å². The molecule has 0 aliphatic carbocycles. The lowest BCUT2D eigenvalue weighted by molar-refractivity contribution is 0.213. The summed E-state index contributed by atoms with van der Waals surface area (Å²) in [5.74, 6) is -0.00542. The molecule has 1 aromatic rings. The fourth-order valence-electron chi connectivity index (χ4n) is 0.888. The summed E-state index contributed by atoms with van der Waals surface area (Å²) < 4.78 is 21.2. The quantitative estimate of drug-likeness (QED) is 0.651. The van der Waals surface area contributed by atoms with Gasteiger partial charge in [0, 0.05) is 10.5 Å². The van der Waals surface area contributed by atoms with Crippen LogP contribution >= 0.6 is 47.0 Å². The number of halogens is 3. The van der Waals surface area contributed by atoms with Crippen molar-refractivity contribution < 1.29 is 18.5 Å². The molecule has 0 aromatic heterocycles. The molecule has 1 atom stereocenters. The van der Waals surface area contributed by atoms with Crippen LogP contribution in [-0.2, 0) is 9.09 Å². The first kappa shape index (κ1) is 14.3. The van der Waals surface area contributed by atoms with E-state index in [1.807, 2.05) is 0 Å². The van der Waals surface area contributed by atoms with Gasteiger partial charge in [0.25, 0.3) is 0 Å². The van der Waals surface area contributed by atoms with Gasteiger partial charge in [0.2, 0.25) is 0 Å². The van der Waals surface area contributed by atoms with Gasteiger partial charge in [-0.15, -0.1) is 0 Å². The van der Waals surface area contributed by atoms with E-state index in [0.717, 1.165) is 0 Å². The van der Waals surface area contributed by atoms with Crippen LogP contribution in [0.25, 0.3) is 0 Å². The van der Waals surface area contributed by atoms with Crippen molar-refractivity contribution in [3.63, 3.8) is 0 Å². The van der Waals surface area contributed by atoms with E-state index in [4.69, 9.17) is 27.7 Å². The maximum atomic E-state index is 11.3. The summed E-state index contributed by atoms with van der Waals surface area (Å²) in [6.07, 6.45) is 0. The van der Waals surface area contributed by atoms with Crippen LogP contribution in [0.1, 0.15) is 6.92 Å². The predicted octanol–water partition coefficient (Wildman–Crippen LogP) is 4.27. The molecule has 1 rings (SSSR count). The summed E-state index contributed by atoms with van der Waals surface area (Å²) in [5.41, 5.74) is 0. The van der Waals surface area contributed by atoms with Gasteiger partial charge >= 0.3 is 7.82 Å². The predicted molar refractivity (Wildman–Crippen MR) is 66.2 cm³/mol. The van der Waals surface area contributed by atoms with Crippen molar-refractivity contribution in [2.45, 2.75) is 6.92 Å². The topological polar surface area (TPSA) is 55.8 Å². The largest absolute Gasteiger partial charge is 0.527 e. The second-order valence-electron chi connectivity index (χ2n) is 2.67. The van der Waals surface area contributed by atoms with Crippen molar-refractivity contribution in [3.05, 3.63) is 26.7 Å². The number of hydrogen-bond donors (Lipinski definition) is 1. The third-order valence-corrected chi connectivity index (χ3v) is 3.99. The Bertz CT molecular complexity index is 440. The molecule has 0 heterocycles. The zero-order valence-corrected chi connectivity index (χ0v) is 12.1. The van der Waals surface area contributed by atoms with E-state index < -0.39 is 7.82 Å². The molecule has 8 heteroatoms. The van der Waals surface area contributed by atoms with Gasteiger partial charge in [-0.2, -0.15) is 0 Å². The van der Waals surface area contributed by atoms with E-state index in [9.17, 15) is 9.46 Å². The third-order valence-electron chi connectivity index (χ3n) is 1.48. The minimum atomic E-state index is -4.13. The molecule has 0 radical (unpaired) electrons. The highest BCUT2D eigenvalue weighted by atomic mass is 79.9. The highest BCUT2D eigenvalue weighted by Gasteiger charge is 2.23. The van der Waals surface area contributed by atoms with E-state index in [1.54, 1.807) is 6.92 Å². The fraction of sp³-hybridized carbons (Fsp3) is 0.250. The first-order valence-electron chi connectivity index (χ1n) is 4.17. The molecule has 0 aliphatic rings. The van der Waals surface area contributed by atoms with Gasteiger partial charge in [0.05, 0.1) is 16.7 Å². The second kappa shape index (κ2) is 5.71. The van der Waals surface area contributed by atoms with Crippen LogP contribution in [-0.4, -0.2) is 11.5 Å². The number of phosphoric acid groups is 1. The molecule has 0 spiro atoms. The van der Waals surface area contributed by atoms with Gasteiger partial charge in [-0.05, 0) is 28.9 Å². The second-order valence-corrected chi connectivity index (χ2v) is 5.72. The Kier molecular flexibility index (Phi) is 5.10. The smallest absolute Gasteiger partial charge is 0.402 e. The van der Waals surface area contributed by atoms with Crippen LogP contribution in [0.15, 0.2) is 16.6 Å². The summed E-state index contributed by atoms with van der Waals surface area (Å²) in [5, 5.41) is 0.473. The highest BCUT2D eigenvalue weighted by Crippen LogP contribution is 2.47. The Morgan fingerprint density at radius 2 is 2.06 bits per heavy atom. The maximum Gasteiger partial charge on any atom is 0.527 e. The Balaban J connectivity index is 2.98. The summed E-state index contributed by atoms with van der Waals surface area (Å²) in [4.78, 5) is 9.25. The van der Waals surface area contributed by atoms with Gasteiger partial charge in [-0.3, -0.25) is 9.42 Å². The molecule has 0 aliphatic heterocycles. The van der Waals surface area contributed by atoms with Crippen molar-refractivity contribution in [1.29, 1.82) is 0 Å². The lowest BCUT2D eigenvalue weighted by atomic mass is 10.3. The zero-order valence-electron chi connectivity index (χ0n) is 8.11. The SMILES string of the molecule is CCOP(=O)(O)Oc1cc(Cl)c(Br)cc1Cl. The monoisotopic (exact) mass is 348 g/mol. The minimum Gasteiger partial charge on any atom is -0.402 e. The highest BCUT2D eigenvalue weighted by molar-refractivity contribution is 9.10. The molecular weight excluding hydrogens is 342 g/mol. The average molecular weight is 350 g/mol. The summed E-state index contributed by atoms with van der Waals surface area (Å²) in [6.45, 7) is 1.62. The average Bonchev–Trinajstić information content (AvgIpc) is 2.13. The molecule has 0 amide bonds. The fourth-order valence-corrected chi connectivity index (χ4v) is 2.55. The first-order valence-corrected chi connectivity index (χ1v) is 7.21. The van der Waals surface area contributed by atoms with Gasteiger partial charge in [-0.1, -0.05) is 23.2 Å². The minimum absolute atomic E-state index is 0.00542. The third kappa shape index (κ3) is 3.91. The van der Waals surface area contributed by atoms with Gasteiger partial charge in [-0.25, -0.2) is 4.57 Å². The number of phosphoric ester groups is 1. The van der Waals surface area contributed by atoms with E-state index >= 15 is 0 Å². The lowest BCUT2D eigenvalue weighted by Crippen LogP contribution is -1.97. The molecule has 4 nitrogen and oxygen atoms in total. The normalized spacial score (nSPS) is 14.6. The first-order chi connectivity index (χ1) is 7.35. The maximum absolute atomic E-state index is 11.3. The number of benzene rings is 1. The number of hydrogen-bond acceptors (Lipinski definition) is 3. The molecule has 0 saturated heterocycles. The van der Waals surface area contributed by atoms with Crippen LogP contribution in [0.5, 0.6) is 5.75 Å². The van der Waals surface area contributed by atoms with Crippen molar-refractivity contribution in [2.75, 3.05) is 6.61 Å². The van der Waals surface area contributed by atoms with Crippen LogP contribution in [0.2, 0.25) is 10.0 Å². The molecule has 0 fully saturated rings. The van der Waals surface area contributed by atoms with E-state index in [0.29, 0.717) is 9.50 Å². The summed E-state index contributed by atoms with van der Waals surface area (Å²) in [6, 6.07) is 2.79. The molecule has 16 heavy (non-hydrogen) atoms. The molecular formula is C8H8BrCl2O4P. The Hall–Kier alpha value is 0.230. The van der Waals surface area contributed by atoms with Gasteiger partial charge in [0.15, 0.2) is 5.75 Å². The van der Waals surface area contributed by atoms with Gasteiger partial charge < -0.3 is 4.52 Å². The summed E-state index contributed by atoms with van der Waals surface area (Å²) >= 11 is 14.8. The molecule has 1 N–H and O–H groups in total. The van der Waals surface area contributed by atoms with E-state index in [-0.39, 0.29) is 17.4 Å².